The normalized spacial score (nSPS) is 10.9. The SMILES string of the molecule is CC(C)C(=O)Nc1ccc(-c2csc(-c3ccsc3)n2)cc1. The van der Waals surface area contributed by atoms with Gasteiger partial charge in [0.15, 0.2) is 0 Å². The Morgan fingerprint density at radius 1 is 1.09 bits per heavy atom. The monoisotopic (exact) mass is 328 g/mol. The van der Waals surface area contributed by atoms with Gasteiger partial charge in [-0.3, -0.25) is 4.79 Å². The molecule has 0 aliphatic heterocycles. The van der Waals surface area contributed by atoms with E-state index in [9.17, 15) is 4.79 Å². The third-order valence-corrected chi connectivity index (χ3v) is 4.82. The van der Waals surface area contributed by atoms with E-state index in [2.05, 4.69) is 32.5 Å². The third-order valence-electron chi connectivity index (χ3n) is 3.24. The summed E-state index contributed by atoms with van der Waals surface area (Å²) in [5.74, 6) is 0.00698. The van der Waals surface area contributed by atoms with E-state index in [4.69, 9.17) is 0 Å². The van der Waals surface area contributed by atoms with Crippen LogP contribution >= 0.6 is 22.7 Å². The summed E-state index contributed by atoms with van der Waals surface area (Å²) in [5.41, 5.74) is 4.01. The van der Waals surface area contributed by atoms with Crippen molar-refractivity contribution in [3.05, 3.63) is 46.5 Å². The van der Waals surface area contributed by atoms with Crippen LogP contribution in [0.5, 0.6) is 0 Å². The fourth-order valence-corrected chi connectivity index (χ4v) is 3.48. The quantitative estimate of drug-likeness (QED) is 0.721. The Morgan fingerprint density at radius 3 is 2.50 bits per heavy atom. The van der Waals surface area contributed by atoms with Crippen LogP contribution in [0.25, 0.3) is 21.8 Å². The van der Waals surface area contributed by atoms with Crippen molar-refractivity contribution < 1.29 is 4.79 Å². The Labute approximate surface area is 137 Å². The molecular weight excluding hydrogens is 312 g/mol. The summed E-state index contributed by atoms with van der Waals surface area (Å²) in [5, 5.41) is 10.2. The number of nitrogens with zero attached hydrogens (tertiary/aromatic N) is 1. The number of thiophene rings is 1. The van der Waals surface area contributed by atoms with Crippen molar-refractivity contribution >= 4 is 34.3 Å². The van der Waals surface area contributed by atoms with Gasteiger partial charge in [-0.15, -0.1) is 11.3 Å². The van der Waals surface area contributed by atoms with Crippen LogP contribution in [0.2, 0.25) is 0 Å². The van der Waals surface area contributed by atoms with Gasteiger partial charge in [-0.1, -0.05) is 26.0 Å². The number of aromatic nitrogens is 1. The largest absolute Gasteiger partial charge is 0.326 e. The highest BCUT2D eigenvalue weighted by atomic mass is 32.1. The van der Waals surface area contributed by atoms with Gasteiger partial charge in [-0.05, 0) is 23.6 Å². The molecule has 1 amide bonds. The van der Waals surface area contributed by atoms with Gasteiger partial charge in [0.05, 0.1) is 5.69 Å². The first-order chi connectivity index (χ1) is 10.6. The fraction of sp³-hybridized carbons (Fsp3) is 0.176. The van der Waals surface area contributed by atoms with E-state index in [0.29, 0.717) is 0 Å². The molecule has 0 radical (unpaired) electrons. The minimum Gasteiger partial charge on any atom is -0.326 e. The average molecular weight is 328 g/mol. The van der Waals surface area contributed by atoms with E-state index in [0.717, 1.165) is 22.0 Å². The van der Waals surface area contributed by atoms with Crippen LogP contribution in [0.3, 0.4) is 0 Å². The number of rotatable bonds is 4. The minimum atomic E-state index is -0.0219. The molecule has 1 aromatic carbocycles. The Bertz CT molecular complexity index is 758. The number of benzene rings is 1. The van der Waals surface area contributed by atoms with Crippen LogP contribution in [0.15, 0.2) is 46.5 Å². The van der Waals surface area contributed by atoms with Gasteiger partial charge in [0.25, 0.3) is 0 Å². The Balaban J connectivity index is 1.77. The zero-order valence-electron chi connectivity index (χ0n) is 12.4. The number of hydrogen-bond donors (Lipinski definition) is 1. The lowest BCUT2D eigenvalue weighted by atomic mass is 10.1. The maximum atomic E-state index is 11.7. The molecule has 0 aliphatic rings. The van der Waals surface area contributed by atoms with E-state index < -0.39 is 0 Å². The van der Waals surface area contributed by atoms with Crippen molar-refractivity contribution in [2.24, 2.45) is 5.92 Å². The van der Waals surface area contributed by atoms with E-state index in [1.165, 1.54) is 5.56 Å². The topological polar surface area (TPSA) is 42.0 Å². The molecule has 5 heteroatoms. The number of carbonyl (C=O) groups is 1. The molecular formula is C17H16N2OS2. The van der Waals surface area contributed by atoms with Gasteiger partial charge in [-0.25, -0.2) is 4.98 Å². The second kappa shape index (κ2) is 6.42. The van der Waals surface area contributed by atoms with Gasteiger partial charge >= 0.3 is 0 Å². The Kier molecular flexibility index (Phi) is 4.36. The molecule has 0 saturated carbocycles. The highest BCUT2D eigenvalue weighted by Crippen LogP contribution is 2.30. The van der Waals surface area contributed by atoms with E-state index >= 15 is 0 Å². The molecule has 0 aliphatic carbocycles. The number of carbonyl (C=O) groups excluding carboxylic acids is 1. The number of thiazole rings is 1. The first-order valence-corrected chi connectivity index (χ1v) is 8.85. The van der Waals surface area contributed by atoms with Crippen molar-refractivity contribution in [3.63, 3.8) is 0 Å². The minimum absolute atomic E-state index is 0.0219. The van der Waals surface area contributed by atoms with Gasteiger partial charge in [0.1, 0.15) is 5.01 Å². The van der Waals surface area contributed by atoms with Gasteiger partial charge < -0.3 is 5.32 Å². The number of anilines is 1. The van der Waals surface area contributed by atoms with Crippen LogP contribution in [-0.2, 0) is 4.79 Å². The third kappa shape index (κ3) is 3.26. The van der Waals surface area contributed by atoms with Gasteiger partial charge in [0, 0.05) is 33.5 Å². The molecule has 3 rings (SSSR count). The van der Waals surface area contributed by atoms with Crippen molar-refractivity contribution in [1.29, 1.82) is 0 Å². The molecule has 0 unspecified atom stereocenters. The summed E-state index contributed by atoms with van der Waals surface area (Å²) in [4.78, 5) is 16.4. The molecule has 0 saturated heterocycles. The lowest BCUT2D eigenvalue weighted by Gasteiger charge is -2.07. The Hall–Kier alpha value is -1.98. The maximum Gasteiger partial charge on any atom is 0.226 e. The lowest BCUT2D eigenvalue weighted by Crippen LogP contribution is -2.17. The van der Waals surface area contributed by atoms with Crippen LogP contribution in [0.4, 0.5) is 5.69 Å². The summed E-state index contributed by atoms with van der Waals surface area (Å²) in [7, 11) is 0. The molecule has 0 spiro atoms. The molecule has 0 fully saturated rings. The van der Waals surface area contributed by atoms with Crippen LogP contribution in [0, 0.1) is 5.92 Å². The molecule has 0 bridgehead atoms. The molecule has 2 aromatic heterocycles. The molecule has 22 heavy (non-hydrogen) atoms. The fourth-order valence-electron chi connectivity index (χ4n) is 1.94. The first kappa shape index (κ1) is 14.9. The maximum absolute atomic E-state index is 11.7. The summed E-state index contributed by atoms with van der Waals surface area (Å²) >= 11 is 3.32. The van der Waals surface area contributed by atoms with E-state index in [-0.39, 0.29) is 11.8 Å². The standard InChI is InChI=1S/C17H16N2OS2/c1-11(2)16(20)18-14-5-3-12(4-6-14)15-10-22-17(19-15)13-7-8-21-9-13/h3-11H,1-2H3,(H,18,20). The zero-order chi connectivity index (χ0) is 15.5. The molecule has 112 valence electrons. The molecule has 2 heterocycles. The van der Waals surface area contributed by atoms with Crippen molar-refractivity contribution in [1.82, 2.24) is 4.98 Å². The van der Waals surface area contributed by atoms with Crippen LogP contribution in [-0.4, -0.2) is 10.9 Å². The van der Waals surface area contributed by atoms with Crippen LogP contribution < -0.4 is 5.32 Å². The smallest absolute Gasteiger partial charge is 0.226 e. The van der Waals surface area contributed by atoms with E-state index in [1.807, 2.05) is 38.1 Å². The Morgan fingerprint density at radius 2 is 1.86 bits per heavy atom. The summed E-state index contributed by atoms with van der Waals surface area (Å²) in [6.45, 7) is 3.76. The van der Waals surface area contributed by atoms with Crippen molar-refractivity contribution in [2.75, 3.05) is 5.32 Å². The van der Waals surface area contributed by atoms with Gasteiger partial charge in [0.2, 0.25) is 5.91 Å². The molecule has 3 nitrogen and oxygen atoms in total. The first-order valence-electron chi connectivity index (χ1n) is 7.03. The predicted molar refractivity (Wildman–Crippen MR) is 94.3 cm³/mol. The molecule has 1 N–H and O–H groups in total. The summed E-state index contributed by atoms with van der Waals surface area (Å²) in [6, 6.07) is 9.89. The summed E-state index contributed by atoms with van der Waals surface area (Å²) in [6.07, 6.45) is 0. The lowest BCUT2D eigenvalue weighted by molar-refractivity contribution is -0.118. The van der Waals surface area contributed by atoms with Gasteiger partial charge in [-0.2, -0.15) is 11.3 Å². The highest BCUT2D eigenvalue weighted by Gasteiger charge is 2.09. The van der Waals surface area contributed by atoms with Crippen LogP contribution in [0.1, 0.15) is 13.8 Å². The second-order valence-corrected chi connectivity index (χ2v) is 6.91. The number of amides is 1. The molecule has 3 aromatic rings. The number of nitrogens with one attached hydrogen (secondary N) is 1. The summed E-state index contributed by atoms with van der Waals surface area (Å²) < 4.78 is 0. The molecule has 0 atom stereocenters. The predicted octanol–water partition coefficient (Wildman–Crippen LogP) is 5.13. The second-order valence-electron chi connectivity index (χ2n) is 5.27. The average Bonchev–Trinajstić information content (AvgIpc) is 3.19. The van der Waals surface area contributed by atoms with E-state index in [1.54, 1.807) is 22.7 Å². The van der Waals surface area contributed by atoms with Crippen molar-refractivity contribution in [3.8, 4) is 21.8 Å². The highest BCUT2D eigenvalue weighted by molar-refractivity contribution is 7.14. The number of hydrogen-bond acceptors (Lipinski definition) is 4. The zero-order valence-corrected chi connectivity index (χ0v) is 14.0. The van der Waals surface area contributed by atoms with Crippen molar-refractivity contribution in [2.45, 2.75) is 13.8 Å².